The number of guanidine groups is 1. The molecule has 0 aliphatic rings. The number of hydrogen-bond donors (Lipinski definition) is 2. The maximum atomic E-state index is 5.36. The van der Waals surface area contributed by atoms with Gasteiger partial charge in [0.05, 0.1) is 14.2 Å². The predicted molar refractivity (Wildman–Crippen MR) is 131 cm³/mol. The molecule has 154 valence electrons. The summed E-state index contributed by atoms with van der Waals surface area (Å²) in [4.78, 5) is 4.30. The van der Waals surface area contributed by atoms with E-state index >= 15 is 0 Å². The monoisotopic (exact) mass is 505 g/mol. The van der Waals surface area contributed by atoms with E-state index < -0.39 is 0 Å². The molecule has 0 spiro atoms. The van der Waals surface area contributed by atoms with Gasteiger partial charge < -0.3 is 20.1 Å². The van der Waals surface area contributed by atoms with Crippen LogP contribution in [0.5, 0.6) is 11.5 Å². The van der Waals surface area contributed by atoms with E-state index in [1.165, 1.54) is 16.3 Å². The summed E-state index contributed by atoms with van der Waals surface area (Å²) in [5.74, 6) is 2.22. The molecule has 3 aromatic rings. The molecule has 2 N–H and O–H groups in total. The van der Waals surface area contributed by atoms with Gasteiger partial charge in [-0.1, -0.05) is 48.5 Å². The van der Waals surface area contributed by atoms with Crippen molar-refractivity contribution in [1.82, 2.24) is 10.6 Å². The Balaban J connectivity index is 0.00000300. The third-order valence-corrected chi connectivity index (χ3v) is 4.65. The van der Waals surface area contributed by atoms with E-state index in [2.05, 4.69) is 58.1 Å². The number of methoxy groups -OCH3 is 2. The number of rotatable bonds is 7. The zero-order valence-electron chi connectivity index (χ0n) is 17.1. The van der Waals surface area contributed by atoms with Crippen molar-refractivity contribution in [3.05, 3.63) is 71.8 Å². The minimum Gasteiger partial charge on any atom is -0.493 e. The summed E-state index contributed by atoms with van der Waals surface area (Å²) < 4.78 is 10.6. The van der Waals surface area contributed by atoms with Gasteiger partial charge in [-0.25, -0.2) is 0 Å². The summed E-state index contributed by atoms with van der Waals surface area (Å²) in [5, 5.41) is 9.25. The van der Waals surface area contributed by atoms with Crippen molar-refractivity contribution in [3.63, 3.8) is 0 Å². The molecule has 3 aromatic carbocycles. The quantitative estimate of drug-likeness (QED) is 0.284. The van der Waals surface area contributed by atoms with Crippen molar-refractivity contribution in [2.75, 3.05) is 27.8 Å². The molecule has 0 amide bonds. The molecule has 0 aliphatic carbocycles. The Hall–Kier alpha value is -2.48. The molecule has 0 atom stereocenters. The first-order valence-corrected chi connectivity index (χ1v) is 9.36. The van der Waals surface area contributed by atoms with Crippen molar-refractivity contribution in [2.24, 2.45) is 4.99 Å². The van der Waals surface area contributed by atoms with E-state index in [-0.39, 0.29) is 24.0 Å². The molecule has 3 rings (SSSR count). The van der Waals surface area contributed by atoms with E-state index in [1.54, 1.807) is 21.3 Å². The molecule has 0 saturated carbocycles. The Morgan fingerprint density at radius 1 is 0.828 bits per heavy atom. The highest BCUT2D eigenvalue weighted by atomic mass is 127. The van der Waals surface area contributed by atoms with Crippen LogP contribution in [0, 0.1) is 0 Å². The van der Waals surface area contributed by atoms with Gasteiger partial charge >= 0.3 is 0 Å². The van der Waals surface area contributed by atoms with Crippen LogP contribution in [-0.4, -0.2) is 33.8 Å². The Kier molecular flexibility index (Phi) is 9.05. The average Bonchev–Trinajstić information content (AvgIpc) is 2.75. The highest BCUT2D eigenvalue weighted by Crippen LogP contribution is 2.27. The van der Waals surface area contributed by atoms with Gasteiger partial charge in [0.2, 0.25) is 0 Å². The number of hydrogen-bond acceptors (Lipinski definition) is 3. The number of nitrogens with zero attached hydrogens (tertiary/aromatic N) is 1. The number of nitrogens with one attached hydrogen (secondary N) is 2. The van der Waals surface area contributed by atoms with Crippen LogP contribution in [0.4, 0.5) is 0 Å². The minimum absolute atomic E-state index is 0. The lowest BCUT2D eigenvalue weighted by molar-refractivity contribution is 0.354. The van der Waals surface area contributed by atoms with Gasteiger partial charge in [-0.15, -0.1) is 24.0 Å². The van der Waals surface area contributed by atoms with E-state index in [9.17, 15) is 0 Å². The maximum absolute atomic E-state index is 5.36. The molecule has 0 bridgehead atoms. The summed E-state index contributed by atoms with van der Waals surface area (Å²) in [5.41, 5.74) is 2.40. The lowest BCUT2D eigenvalue weighted by Gasteiger charge is -2.13. The van der Waals surface area contributed by atoms with Crippen molar-refractivity contribution in [1.29, 1.82) is 0 Å². The van der Waals surface area contributed by atoms with Crippen LogP contribution in [0.25, 0.3) is 10.8 Å². The van der Waals surface area contributed by atoms with E-state index in [0.29, 0.717) is 6.54 Å². The first-order chi connectivity index (χ1) is 13.7. The van der Waals surface area contributed by atoms with Gasteiger partial charge in [-0.05, 0) is 40.5 Å². The van der Waals surface area contributed by atoms with E-state index in [4.69, 9.17) is 9.47 Å². The largest absolute Gasteiger partial charge is 0.493 e. The second-order valence-corrected chi connectivity index (χ2v) is 6.47. The number of fused-ring (bicyclic) bond motifs is 1. The topological polar surface area (TPSA) is 54.9 Å². The van der Waals surface area contributed by atoms with Crippen LogP contribution in [0.2, 0.25) is 0 Å². The molecule has 0 aromatic heterocycles. The van der Waals surface area contributed by atoms with Crippen LogP contribution in [0.15, 0.2) is 65.7 Å². The van der Waals surface area contributed by atoms with Crippen molar-refractivity contribution in [2.45, 2.75) is 13.0 Å². The first-order valence-electron chi connectivity index (χ1n) is 9.36. The molecule has 0 fully saturated rings. The fourth-order valence-corrected chi connectivity index (χ4v) is 3.12. The van der Waals surface area contributed by atoms with Crippen LogP contribution >= 0.6 is 24.0 Å². The molecular weight excluding hydrogens is 477 g/mol. The van der Waals surface area contributed by atoms with Crippen molar-refractivity contribution < 1.29 is 9.47 Å². The SMILES string of the molecule is CN=C(NCCc1ccc2ccccc2c1)NCc1ccc(OC)c(OC)c1.I. The summed E-state index contributed by atoms with van der Waals surface area (Å²) in [6.07, 6.45) is 0.932. The maximum Gasteiger partial charge on any atom is 0.191 e. The summed E-state index contributed by atoms with van der Waals surface area (Å²) >= 11 is 0. The van der Waals surface area contributed by atoms with Gasteiger partial charge in [-0.3, -0.25) is 4.99 Å². The van der Waals surface area contributed by atoms with Gasteiger partial charge in [0.15, 0.2) is 17.5 Å². The van der Waals surface area contributed by atoms with Crippen LogP contribution < -0.4 is 20.1 Å². The zero-order chi connectivity index (χ0) is 19.8. The fourth-order valence-electron chi connectivity index (χ4n) is 3.12. The predicted octanol–water partition coefficient (Wildman–Crippen LogP) is 4.38. The smallest absolute Gasteiger partial charge is 0.191 e. The first kappa shape index (κ1) is 22.8. The fraction of sp³-hybridized carbons (Fsp3) is 0.261. The molecular formula is C23H28IN3O2. The summed E-state index contributed by atoms with van der Waals surface area (Å²) in [6, 6.07) is 20.9. The summed E-state index contributed by atoms with van der Waals surface area (Å²) in [7, 11) is 5.05. The number of aliphatic imine (C=N–C) groups is 1. The highest BCUT2D eigenvalue weighted by Gasteiger charge is 2.05. The Morgan fingerprint density at radius 3 is 2.28 bits per heavy atom. The molecule has 0 radical (unpaired) electrons. The molecule has 5 nitrogen and oxygen atoms in total. The Morgan fingerprint density at radius 2 is 1.55 bits per heavy atom. The van der Waals surface area contributed by atoms with Crippen LogP contribution in [-0.2, 0) is 13.0 Å². The molecule has 6 heteroatoms. The van der Waals surface area contributed by atoms with E-state index in [0.717, 1.165) is 36.0 Å². The number of benzene rings is 3. The molecule has 0 heterocycles. The van der Waals surface area contributed by atoms with Crippen LogP contribution in [0.1, 0.15) is 11.1 Å². The lowest BCUT2D eigenvalue weighted by atomic mass is 10.1. The molecule has 29 heavy (non-hydrogen) atoms. The van der Waals surface area contributed by atoms with Crippen molar-refractivity contribution in [3.8, 4) is 11.5 Å². The third-order valence-electron chi connectivity index (χ3n) is 4.65. The molecule has 0 saturated heterocycles. The van der Waals surface area contributed by atoms with Gasteiger partial charge in [0, 0.05) is 20.1 Å². The second kappa shape index (κ2) is 11.5. The zero-order valence-corrected chi connectivity index (χ0v) is 19.4. The number of ether oxygens (including phenoxy) is 2. The Bertz CT molecular complexity index is 960. The standard InChI is InChI=1S/C23H27N3O2.HI/c1-24-23(26-16-18-9-11-21(27-2)22(15-18)28-3)25-13-12-17-8-10-19-6-4-5-7-20(19)14-17;/h4-11,14-15H,12-13,16H2,1-3H3,(H2,24,25,26);1H. The molecule has 0 unspecified atom stereocenters. The molecule has 0 aliphatic heterocycles. The van der Waals surface area contributed by atoms with Crippen molar-refractivity contribution >= 4 is 40.7 Å². The number of halogens is 1. The highest BCUT2D eigenvalue weighted by molar-refractivity contribution is 14.0. The lowest BCUT2D eigenvalue weighted by Crippen LogP contribution is -2.37. The second-order valence-electron chi connectivity index (χ2n) is 6.47. The van der Waals surface area contributed by atoms with Gasteiger partial charge in [0.25, 0.3) is 0 Å². The third kappa shape index (κ3) is 6.25. The van der Waals surface area contributed by atoms with Gasteiger partial charge in [0.1, 0.15) is 0 Å². The van der Waals surface area contributed by atoms with Crippen LogP contribution in [0.3, 0.4) is 0 Å². The van der Waals surface area contributed by atoms with E-state index in [1.807, 2.05) is 18.2 Å². The normalized spacial score (nSPS) is 10.9. The summed E-state index contributed by atoms with van der Waals surface area (Å²) in [6.45, 7) is 1.46. The minimum atomic E-state index is 0. The average molecular weight is 505 g/mol. The Labute approximate surface area is 189 Å². The van der Waals surface area contributed by atoms with Gasteiger partial charge in [-0.2, -0.15) is 0 Å².